The zero-order valence-corrected chi connectivity index (χ0v) is 11.8. The van der Waals surface area contributed by atoms with Crippen LogP contribution in [0, 0.1) is 11.6 Å². The lowest BCUT2D eigenvalue weighted by Gasteiger charge is -2.28. The maximum atomic E-state index is 13.8. The highest BCUT2D eigenvalue weighted by Crippen LogP contribution is 2.25. The van der Waals surface area contributed by atoms with Gasteiger partial charge in [-0.1, -0.05) is 31.1 Å². The van der Waals surface area contributed by atoms with Gasteiger partial charge in [0.05, 0.1) is 17.1 Å². The fourth-order valence-corrected chi connectivity index (χ4v) is 2.71. The van der Waals surface area contributed by atoms with E-state index in [2.05, 4.69) is 0 Å². The molecule has 1 saturated carbocycles. The molecule has 108 valence electrons. The van der Waals surface area contributed by atoms with Gasteiger partial charge in [0.2, 0.25) is 0 Å². The smallest absolute Gasteiger partial charge is 0.257 e. The van der Waals surface area contributed by atoms with Crippen molar-refractivity contribution in [2.24, 2.45) is 5.73 Å². The number of nitrogens with zero attached hydrogens (tertiary/aromatic N) is 1. The van der Waals surface area contributed by atoms with Crippen LogP contribution in [-0.4, -0.2) is 28.4 Å². The van der Waals surface area contributed by atoms with Crippen molar-refractivity contribution in [1.82, 2.24) is 4.90 Å². The molecule has 2 N–H and O–H groups in total. The summed E-state index contributed by atoms with van der Waals surface area (Å²) in [4.78, 5) is 14.1. The van der Waals surface area contributed by atoms with Crippen LogP contribution < -0.4 is 5.73 Å². The van der Waals surface area contributed by atoms with Crippen molar-refractivity contribution in [2.45, 2.75) is 31.7 Å². The molecule has 1 aliphatic carbocycles. The molecular formula is C14H16F2N2OS. The molecule has 0 radical (unpaired) electrons. The van der Waals surface area contributed by atoms with Gasteiger partial charge >= 0.3 is 0 Å². The van der Waals surface area contributed by atoms with Gasteiger partial charge in [-0.3, -0.25) is 4.79 Å². The molecule has 0 heterocycles. The lowest BCUT2D eigenvalue weighted by Crippen LogP contribution is -2.44. The highest BCUT2D eigenvalue weighted by Gasteiger charge is 2.29. The molecule has 1 amide bonds. The van der Waals surface area contributed by atoms with Crippen molar-refractivity contribution in [1.29, 1.82) is 0 Å². The van der Waals surface area contributed by atoms with E-state index in [1.165, 1.54) is 17.0 Å². The summed E-state index contributed by atoms with van der Waals surface area (Å²) >= 11 is 4.85. The second kappa shape index (κ2) is 6.26. The fraction of sp³-hybridized carbons (Fsp3) is 0.429. The number of benzene rings is 1. The Morgan fingerprint density at radius 3 is 2.60 bits per heavy atom. The SMILES string of the molecule is NC(=S)CN(C(=O)c1cccc(F)c1F)C1CCCC1. The van der Waals surface area contributed by atoms with Crippen molar-refractivity contribution in [2.75, 3.05) is 6.54 Å². The molecular weight excluding hydrogens is 282 g/mol. The first-order valence-corrected chi connectivity index (χ1v) is 6.95. The molecule has 0 atom stereocenters. The van der Waals surface area contributed by atoms with Crippen LogP contribution >= 0.6 is 12.2 Å². The van der Waals surface area contributed by atoms with Crippen LogP contribution in [0.15, 0.2) is 18.2 Å². The number of halogens is 2. The minimum absolute atomic E-state index is 0.00772. The quantitative estimate of drug-likeness (QED) is 0.869. The summed E-state index contributed by atoms with van der Waals surface area (Å²) in [5.41, 5.74) is 5.24. The molecule has 0 unspecified atom stereocenters. The van der Waals surface area contributed by atoms with Crippen LogP contribution in [0.3, 0.4) is 0 Å². The van der Waals surface area contributed by atoms with Gasteiger partial charge < -0.3 is 10.6 Å². The summed E-state index contributed by atoms with van der Waals surface area (Å²) in [5, 5.41) is 0. The van der Waals surface area contributed by atoms with Crippen LogP contribution in [0.5, 0.6) is 0 Å². The van der Waals surface area contributed by atoms with Gasteiger partial charge in [0, 0.05) is 6.04 Å². The molecule has 0 aliphatic heterocycles. The summed E-state index contributed by atoms with van der Waals surface area (Å²) in [7, 11) is 0. The zero-order chi connectivity index (χ0) is 14.7. The van der Waals surface area contributed by atoms with E-state index in [-0.39, 0.29) is 23.1 Å². The minimum atomic E-state index is -1.12. The van der Waals surface area contributed by atoms with E-state index in [1.807, 2.05) is 0 Å². The topological polar surface area (TPSA) is 46.3 Å². The standard InChI is InChI=1S/C14H16F2N2OS/c15-11-7-3-6-10(13(11)16)14(19)18(8-12(17)20)9-4-1-2-5-9/h3,6-7,9H,1-2,4-5,8H2,(H2,17,20). The summed E-state index contributed by atoms with van der Waals surface area (Å²) < 4.78 is 27.0. The Hall–Kier alpha value is -1.56. The highest BCUT2D eigenvalue weighted by atomic mass is 32.1. The predicted octanol–water partition coefficient (Wildman–Crippen LogP) is 2.64. The molecule has 1 aromatic rings. The van der Waals surface area contributed by atoms with E-state index in [4.69, 9.17) is 18.0 Å². The number of carbonyl (C=O) groups is 1. The highest BCUT2D eigenvalue weighted by molar-refractivity contribution is 7.80. The van der Waals surface area contributed by atoms with E-state index in [0.29, 0.717) is 0 Å². The molecule has 0 saturated heterocycles. The molecule has 2 rings (SSSR count). The van der Waals surface area contributed by atoms with E-state index in [9.17, 15) is 13.6 Å². The third-order valence-electron chi connectivity index (χ3n) is 3.53. The average molecular weight is 298 g/mol. The van der Waals surface area contributed by atoms with Crippen molar-refractivity contribution in [3.05, 3.63) is 35.4 Å². The first kappa shape index (κ1) is 14.8. The summed E-state index contributed by atoms with van der Waals surface area (Å²) in [6.45, 7) is 0.0921. The molecule has 0 spiro atoms. The van der Waals surface area contributed by atoms with Crippen molar-refractivity contribution >= 4 is 23.1 Å². The number of nitrogens with two attached hydrogens (primary N) is 1. The number of carbonyl (C=O) groups excluding carboxylic acids is 1. The van der Waals surface area contributed by atoms with E-state index in [1.54, 1.807) is 0 Å². The Kier molecular flexibility index (Phi) is 4.65. The van der Waals surface area contributed by atoms with E-state index < -0.39 is 17.5 Å². The zero-order valence-electron chi connectivity index (χ0n) is 10.9. The van der Waals surface area contributed by atoms with E-state index in [0.717, 1.165) is 31.7 Å². The second-order valence-electron chi connectivity index (χ2n) is 4.94. The Balaban J connectivity index is 2.29. The number of hydrogen-bond acceptors (Lipinski definition) is 2. The Bertz CT molecular complexity index is 530. The van der Waals surface area contributed by atoms with Crippen LogP contribution in [0.4, 0.5) is 8.78 Å². The molecule has 0 aromatic heterocycles. The van der Waals surface area contributed by atoms with Gasteiger partial charge in [-0.15, -0.1) is 0 Å². The largest absolute Gasteiger partial charge is 0.392 e. The number of thiocarbonyl (C=S) groups is 1. The van der Waals surface area contributed by atoms with Gasteiger partial charge in [0.25, 0.3) is 5.91 Å². The monoisotopic (exact) mass is 298 g/mol. The van der Waals surface area contributed by atoms with Crippen LogP contribution in [0.25, 0.3) is 0 Å². The molecule has 1 aliphatic rings. The maximum Gasteiger partial charge on any atom is 0.257 e. The maximum absolute atomic E-state index is 13.8. The van der Waals surface area contributed by atoms with Gasteiger partial charge in [-0.25, -0.2) is 8.78 Å². The Morgan fingerprint density at radius 2 is 2.00 bits per heavy atom. The van der Waals surface area contributed by atoms with Crippen molar-refractivity contribution in [3.63, 3.8) is 0 Å². The van der Waals surface area contributed by atoms with Crippen LogP contribution in [0.1, 0.15) is 36.0 Å². The molecule has 3 nitrogen and oxygen atoms in total. The first-order valence-electron chi connectivity index (χ1n) is 6.54. The van der Waals surface area contributed by atoms with Crippen LogP contribution in [0.2, 0.25) is 0 Å². The molecule has 1 aromatic carbocycles. The second-order valence-corrected chi connectivity index (χ2v) is 5.46. The van der Waals surface area contributed by atoms with Crippen molar-refractivity contribution in [3.8, 4) is 0 Å². The lowest BCUT2D eigenvalue weighted by atomic mass is 10.1. The lowest BCUT2D eigenvalue weighted by molar-refractivity contribution is 0.0708. The summed E-state index contributed by atoms with van der Waals surface area (Å²) in [6, 6.07) is 3.58. The normalized spacial score (nSPS) is 15.3. The predicted molar refractivity (Wildman–Crippen MR) is 76.4 cm³/mol. The number of rotatable bonds is 4. The third kappa shape index (κ3) is 3.12. The van der Waals surface area contributed by atoms with E-state index >= 15 is 0 Å². The number of hydrogen-bond donors (Lipinski definition) is 1. The minimum Gasteiger partial charge on any atom is -0.392 e. The fourth-order valence-electron chi connectivity index (χ4n) is 2.57. The molecule has 20 heavy (non-hydrogen) atoms. The first-order chi connectivity index (χ1) is 9.50. The molecule has 1 fully saturated rings. The van der Waals surface area contributed by atoms with Gasteiger partial charge in [-0.05, 0) is 25.0 Å². The Labute approximate surface area is 121 Å². The van der Waals surface area contributed by atoms with Gasteiger partial charge in [-0.2, -0.15) is 0 Å². The van der Waals surface area contributed by atoms with Gasteiger partial charge in [0.1, 0.15) is 0 Å². The van der Waals surface area contributed by atoms with Crippen molar-refractivity contribution < 1.29 is 13.6 Å². The van der Waals surface area contributed by atoms with Crippen LogP contribution in [-0.2, 0) is 0 Å². The van der Waals surface area contributed by atoms with Gasteiger partial charge in [0.15, 0.2) is 11.6 Å². The Morgan fingerprint density at radius 1 is 1.35 bits per heavy atom. The summed E-state index contributed by atoms with van der Waals surface area (Å²) in [5.74, 6) is -2.71. The number of amides is 1. The summed E-state index contributed by atoms with van der Waals surface area (Å²) in [6.07, 6.45) is 3.70. The average Bonchev–Trinajstić information content (AvgIpc) is 2.92. The molecule has 0 bridgehead atoms. The molecule has 6 heteroatoms. The third-order valence-corrected chi connectivity index (χ3v) is 3.66.